The van der Waals surface area contributed by atoms with Crippen LogP contribution in [0.1, 0.15) is 111 Å². The first-order chi connectivity index (χ1) is 15.3. The van der Waals surface area contributed by atoms with Gasteiger partial charge in [-0.2, -0.15) is 0 Å². The fourth-order valence-electron chi connectivity index (χ4n) is 9.37. The summed E-state index contributed by atoms with van der Waals surface area (Å²) in [6, 6.07) is 0. The van der Waals surface area contributed by atoms with Crippen molar-refractivity contribution in [2.45, 2.75) is 122 Å². The van der Waals surface area contributed by atoms with E-state index < -0.39 is 0 Å². The summed E-state index contributed by atoms with van der Waals surface area (Å²) in [6.45, 7) is 11.1. The Morgan fingerprint density at radius 3 is 2.69 bits per heavy atom. The molecule has 5 rings (SSSR count). The van der Waals surface area contributed by atoms with Crippen molar-refractivity contribution in [2.75, 3.05) is 6.61 Å². The Balaban J connectivity index is 1.32. The third kappa shape index (κ3) is 3.98. The monoisotopic (exact) mass is 506 g/mol. The van der Waals surface area contributed by atoms with Gasteiger partial charge in [-0.15, -0.1) is 0 Å². The molecule has 0 radical (unpaired) electrons. The van der Waals surface area contributed by atoms with Crippen LogP contribution in [0, 0.1) is 40.4 Å². The lowest BCUT2D eigenvalue weighted by Gasteiger charge is -2.59. The lowest BCUT2D eigenvalue weighted by Crippen LogP contribution is -2.52. The number of hydrogen-bond donors (Lipinski definition) is 0. The second-order valence-electron chi connectivity index (χ2n) is 12.7. The van der Waals surface area contributed by atoms with Crippen LogP contribution < -0.4 is 0 Å². The Bertz CT molecular complexity index is 714. The zero-order valence-corrected chi connectivity index (χ0v) is 22.7. The van der Waals surface area contributed by atoms with E-state index in [0.29, 0.717) is 10.8 Å². The highest BCUT2D eigenvalue weighted by Crippen LogP contribution is 2.68. The smallest absolute Gasteiger partial charge is 0.159 e. The van der Waals surface area contributed by atoms with Crippen LogP contribution in [0.4, 0.5) is 0 Å². The number of allylic oxidation sites excluding steroid dienone is 1. The van der Waals surface area contributed by atoms with Gasteiger partial charge in [0.2, 0.25) is 0 Å². The first kappa shape index (κ1) is 23.9. The minimum Gasteiger partial charge on any atom is -0.353 e. The fraction of sp³-hybridized carbons (Fsp3) is 0.931. The minimum absolute atomic E-state index is 0.0136. The molecule has 0 bridgehead atoms. The Kier molecular flexibility index (Phi) is 6.69. The summed E-state index contributed by atoms with van der Waals surface area (Å²) in [5, 5.41) is 0. The normalized spacial score (nSPS) is 49.5. The summed E-state index contributed by atoms with van der Waals surface area (Å²) < 4.78 is 12.3. The van der Waals surface area contributed by atoms with Crippen molar-refractivity contribution in [2.24, 2.45) is 40.4 Å². The topological polar surface area (TPSA) is 18.5 Å². The quantitative estimate of drug-likeness (QED) is 0.274. The third-order valence-electron chi connectivity index (χ3n) is 11.1. The SMILES string of the molecule is CCC[C@@H](C)[C@H]1CC[C@H]2[C@@H]3CC=C4C[C@@](Br)(OC5CCCCO5)CC[C@]4(C)[C@H]3CC[C@]12C. The van der Waals surface area contributed by atoms with Crippen molar-refractivity contribution >= 4 is 15.9 Å². The maximum atomic E-state index is 6.55. The minimum atomic E-state index is -0.218. The van der Waals surface area contributed by atoms with Crippen LogP contribution in [0.3, 0.4) is 0 Å². The molecule has 4 fully saturated rings. The van der Waals surface area contributed by atoms with Crippen LogP contribution in [0.25, 0.3) is 0 Å². The largest absolute Gasteiger partial charge is 0.353 e. The van der Waals surface area contributed by atoms with Crippen LogP contribution in [-0.2, 0) is 9.47 Å². The predicted octanol–water partition coefficient (Wildman–Crippen LogP) is 8.64. The van der Waals surface area contributed by atoms with E-state index in [9.17, 15) is 0 Å². The third-order valence-corrected chi connectivity index (χ3v) is 11.9. The molecule has 9 atom stereocenters. The van der Waals surface area contributed by atoms with Gasteiger partial charge in [-0.1, -0.05) is 68.1 Å². The van der Waals surface area contributed by atoms with Gasteiger partial charge in [-0.3, -0.25) is 0 Å². The standard InChI is InChI=1S/C29H47BrO2/c1-5-8-20(2)23-12-13-24-22-11-10-21-19-29(30,32-26-9-6-7-18-31-26)17-16-27(21,3)25(22)14-15-28(23,24)4/h10,20,22-26H,5-9,11-19H2,1-4H3/t20-,22+,23-,24+,25+,26?,27+,28-,29+/m1/s1. The second-order valence-corrected chi connectivity index (χ2v) is 14.2. The van der Waals surface area contributed by atoms with Crippen molar-refractivity contribution in [3.8, 4) is 0 Å². The summed E-state index contributed by atoms with van der Waals surface area (Å²) in [4.78, 5) is 0. The van der Waals surface area contributed by atoms with Crippen molar-refractivity contribution in [3.05, 3.63) is 11.6 Å². The van der Waals surface area contributed by atoms with Crippen molar-refractivity contribution in [1.82, 2.24) is 0 Å². The molecule has 0 aromatic rings. The van der Waals surface area contributed by atoms with Crippen LogP contribution in [0.15, 0.2) is 11.6 Å². The van der Waals surface area contributed by atoms with Crippen LogP contribution in [-0.4, -0.2) is 17.4 Å². The van der Waals surface area contributed by atoms with Crippen LogP contribution >= 0.6 is 15.9 Å². The average Bonchev–Trinajstić information content (AvgIpc) is 3.12. The highest BCUT2D eigenvalue weighted by atomic mass is 79.9. The van der Waals surface area contributed by atoms with Crippen LogP contribution in [0.5, 0.6) is 0 Å². The number of hydrogen-bond acceptors (Lipinski definition) is 2. The Hall–Kier alpha value is 0.140. The zero-order valence-electron chi connectivity index (χ0n) is 21.1. The molecule has 0 amide bonds. The molecule has 0 spiro atoms. The molecule has 182 valence electrons. The van der Waals surface area contributed by atoms with E-state index in [2.05, 4.69) is 49.7 Å². The van der Waals surface area contributed by atoms with Gasteiger partial charge >= 0.3 is 0 Å². The van der Waals surface area contributed by atoms with Gasteiger partial charge in [0, 0.05) is 13.0 Å². The molecule has 3 heteroatoms. The summed E-state index contributed by atoms with van der Waals surface area (Å²) in [7, 11) is 0. The molecule has 0 N–H and O–H groups in total. The molecule has 1 heterocycles. The lowest BCUT2D eigenvalue weighted by molar-refractivity contribution is -0.204. The van der Waals surface area contributed by atoms with Crippen molar-refractivity contribution in [3.63, 3.8) is 0 Å². The van der Waals surface area contributed by atoms with E-state index in [0.717, 1.165) is 55.5 Å². The predicted molar refractivity (Wildman–Crippen MR) is 136 cm³/mol. The molecule has 4 aliphatic carbocycles. The molecule has 1 saturated heterocycles. The van der Waals surface area contributed by atoms with E-state index in [-0.39, 0.29) is 10.8 Å². The second kappa shape index (κ2) is 8.98. The Morgan fingerprint density at radius 2 is 1.94 bits per heavy atom. The zero-order chi connectivity index (χ0) is 22.6. The molecular formula is C29H47BrO2. The first-order valence-electron chi connectivity index (χ1n) is 14.0. The van der Waals surface area contributed by atoms with Gasteiger partial charge in [0.05, 0.1) is 0 Å². The highest BCUT2D eigenvalue weighted by molar-refractivity contribution is 9.10. The Morgan fingerprint density at radius 1 is 1.09 bits per heavy atom. The number of rotatable bonds is 5. The molecule has 5 aliphatic rings. The Labute approximate surface area is 205 Å². The lowest BCUT2D eigenvalue weighted by atomic mass is 9.47. The van der Waals surface area contributed by atoms with E-state index in [1.807, 2.05) is 0 Å². The number of halogens is 1. The molecule has 0 aromatic heterocycles. The summed E-state index contributed by atoms with van der Waals surface area (Å²) >= 11 is 4.05. The van der Waals surface area contributed by atoms with Gasteiger partial charge in [-0.25, -0.2) is 0 Å². The van der Waals surface area contributed by atoms with Gasteiger partial charge in [-0.05, 0) is 105 Å². The molecule has 0 aromatic carbocycles. The molecule has 3 saturated carbocycles. The molecule has 32 heavy (non-hydrogen) atoms. The van der Waals surface area contributed by atoms with E-state index in [4.69, 9.17) is 9.47 Å². The van der Waals surface area contributed by atoms with Gasteiger partial charge < -0.3 is 9.47 Å². The van der Waals surface area contributed by atoms with Crippen molar-refractivity contribution < 1.29 is 9.47 Å². The maximum Gasteiger partial charge on any atom is 0.159 e. The highest BCUT2D eigenvalue weighted by Gasteiger charge is 2.60. The number of fused-ring (bicyclic) bond motifs is 5. The molecule has 1 aliphatic heterocycles. The number of ether oxygens (including phenoxy) is 2. The summed E-state index contributed by atoms with van der Waals surface area (Å²) in [5.74, 6) is 4.59. The molecule has 2 nitrogen and oxygen atoms in total. The summed E-state index contributed by atoms with van der Waals surface area (Å²) in [6.07, 6.45) is 19.5. The van der Waals surface area contributed by atoms with E-state index >= 15 is 0 Å². The first-order valence-corrected chi connectivity index (χ1v) is 14.8. The van der Waals surface area contributed by atoms with E-state index in [1.165, 1.54) is 64.2 Å². The van der Waals surface area contributed by atoms with Crippen molar-refractivity contribution in [1.29, 1.82) is 0 Å². The number of alkyl halides is 1. The average molecular weight is 508 g/mol. The van der Waals surface area contributed by atoms with E-state index in [1.54, 1.807) is 5.57 Å². The van der Waals surface area contributed by atoms with Gasteiger partial charge in [0.1, 0.15) is 4.51 Å². The molecular weight excluding hydrogens is 460 g/mol. The summed E-state index contributed by atoms with van der Waals surface area (Å²) in [5.41, 5.74) is 2.66. The van der Waals surface area contributed by atoms with Crippen LogP contribution in [0.2, 0.25) is 0 Å². The van der Waals surface area contributed by atoms with Gasteiger partial charge in [0.25, 0.3) is 0 Å². The molecule has 1 unspecified atom stereocenters. The maximum absolute atomic E-state index is 6.55. The fourth-order valence-corrected chi connectivity index (χ4v) is 10.1. The van der Waals surface area contributed by atoms with Gasteiger partial charge in [0.15, 0.2) is 6.29 Å².